The highest BCUT2D eigenvalue weighted by atomic mass is 35.5. The van der Waals surface area contributed by atoms with Crippen molar-refractivity contribution in [1.82, 2.24) is 5.32 Å². The number of halogens is 4. The van der Waals surface area contributed by atoms with Crippen LogP contribution in [0.2, 0.25) is 10.0 Å². The molecule has 1 aliphatic rings. The summed E-state index contributed by atoms with van der Waals surface area (Å²) in [6.45, 7) is -2.48. The van der Waals surface area contributed by atoms with E-state index < -0.39 is 6.61 Å². The summed E-state index contributed by atoms with van der Waals surface area (Å²) in [5, 5.41) is 3.40. The van der Waals surface area contributed by atoms with Crippen LogP contribution >= 0.6 is 23.2 Å². The number of fused-ring (bicyclic) bond motifs is 1. The summed E-state index contributed by atoms with van der Waals surface area (Å²) in [7, 11) is 0. The number of para-hydroxylation sites is 1. The lowest BCUT2D eigenvalue weighted by atomic mass is 10.0. The highest BCUT2D eigenvalue weighted by Crippen LogP contribution is 2.34. The Hall–Kier alpha value is -2.25. The topological polar surface area (TPSA) is 68.9 Å². The molecule has 0 aliphatic carbocycles. The number of guanidine groups is 1. The minimum atomic E-state index is -3.01. The molecule has 2 aromatic carbocycles. The molecule has 0 amide bonds. The quantitative estimate of drug-likeness (QED) is 0.556. The lowest BCUT2D eigenvalue weighted by Gasteiger charge is -2.27. The van der Waals surface area contributed by atoms with Crippen LogP contribution < -0.4 is 20.5 Å². The first-order valence-electron chi connectivity index (χ1n) is 8.15. The van der Waals surface area contributed by atoms with Crippen LogP contribution in [0.15, 0.2) is 41.4 Å². The van der Waals surface area contributed by atoms with Gasteiger partial charge in [0.25, 0.3) is 0 Å². The number of hydrogen-bond acceptors (Lipinski definition) is 3. The molecule has 3 N–H and O–H groups in total. The lowest BCUT2D eigenvalue weighted by Crippen LogP contribution is -2.37. The summed E-state index contributed by atoms with van der Waals surface area (Å²) >= 11 is 11.9. The molecule has 9 heteroatoms. The predicted octanol–water partition coefficient (Wildman–Crippen LogP) is 4.52. The summed E-state index contributed by atoms with van der Waals surface area (Å²) in [6.07, 6.45) is 0.718. The van der Waals surface area contributed by atoms with Gasteiger partial charge < -0.3 is 20.5 Å². The fourth-order valence-electron chi connectivity index (χ4n) is 2.84. The molecule has 2 aromatic rings. The molecule has 0 spiro atoms. The van der Waals surface area contributed by atoms with Gasteiger partial charge in [0.2, 0.25) is 0 Å². The van der Waals surface area contributed by atoms with Gasteiger partial charge in [0.05, 0.1) is 24.2 Å². The normalized spacial score (nSPS) is 16.6. The predicted molar refractivity (Wildman–Crippen MR) is 101 cm³/mol. The molecule has 0 saturated carbocycles. The van der Waals surface area contributed by atoms with Crippen LogP contribution in [0.1, 0.15) is 23.6 Å². The largest absolute Gasteiger partial charge is 0.493 e. The van der Waals surface area contributed by atoms with E-state index in [2.05, 4.69) is 15.0 Å². The maximum atomic E-state index is 12.6. The molecule has 1 heterocycles. The first kappa shape index (κ1) is 19.5. The number of nitrogens with zero attached hydrogens (tertiary/aromatic N) is 1. The van der Waals surface area contributed by atoms with E-state index in [9.17, 15) is 8.78 Å². The second kappa shape index (κ2) is 8.63. The van der Waals surface area contributed by atoms with Gasteiger partial charge in [-0.15, -0.1) is 0 Å². The van der Waals surface area contributed by atoms with Crippen molar-refractivity contribution in [1.29, 1.82) is 0 Å². The Morgan fingerprint density at radius 1 is 1.33 bits per heavy atom. The maximum Gasteiger partial charge on any atom is 0.387 e. The molecular formula is C18H17Cl2F2N3O2. The van der Waals surface area contributed by atoms with Gasteiger partial charge >= 0.3 is 6.61 Å². The van der Waals surface area contributed by atoms with Crippen molar-refractivity contribution in [3.63, 3.8) is 0 Å². The molecule has 3 rings (SSSR count). The summed E-state index contributed by atoms with van der Waals surface area (Å²) in [5.74, 6) is 0.795. The van der Waals surface area contributed by atoms with E-state index in [1.54, 1.807) is 0 Å². The van der Waals surface area contributed by atoms with Crippen molar-refractivity contribution in [2.24, 2.45) is 10.7 Å². The Balaban J connectivity index is 1.75. The SMILES string of the molecule is NC(=NCc1cc(Cl)cc(Cl)c1OC(F)F)NC1CCOc2ccccc21. The second-order valence-corrected chi connectivity index (χ2v) is 6.67. The molecule has 5 nitrogen and oxygen atoms in total. The molecule has 27 heavy (non-hydrogen) atoms. The monoisotopic (exact) mass is 415 g/mol. The van der Waals surface area contributed by atoms with Crippen LogP contribution in [-0.4, -0.2) is 19.2 Å². The molecule has 0 radical (unpaired) electrons. The number of nitrogens with two attached hydrogens (primary N) is 1. The number of benzene rings is 2. The summed E-state index contributed by atoms with van der Waals surface area (Å²) < 4.78 is 35.4. The van der Waals surface area contributed by atoms with Crippen molar-refractivity contribution >= 4 is 29.2 Å². The number of hydrogen-bond donors (Lipinski definition) is 2. The van der Waals surface area contributed by atoms with E-state index >= 15 is 0 Å². The summed E-state index contributed by atoms with van der Waals surface area (Å²) in [5.41, 5.74) is 7.27. The molecule has 144 valence electrons. The molecular weight excluding hydrogens is 399 g/mol. The summed E-state index contributed by atoms with van der Waals surface area (Å²) in [6, 6.07) is 10.4. The third-order valence-electron chi connectivity index (χ3n) is 3.99. The zero-order chi connectivity index (χ0) is 19.4. The van der Waals surface area contributed by atoms with E-state index in [-0.39, 0.29) is 34.3 Å². The zero-order valence-corrected chi connectivity index (χ0v) is 15.6. The number of aliphatic imine (C=N–C) groups is 1. The molecule has 1 aliphatic heterocycles. The van der Waals surface area contributed by atoms with Crippen LogP contribution in [0.5, 0.6) is 11.5 Å². The molecule has 0 aromatic heterocycles. The first-order chi connectivity index (χ1) is 12.9. The Morgan fingerprint density at radius 3 is 2.89 bits per heavy atom. The molecule has 0 saturated heterocycles. The number of alkyl halides is 2. The van der Waals surface area contributed by atoms with Crippen LogP contribution in [0.3, 0.4) is 0 Å². The van der Waals surface area contributed by atoms with Gasteiger partial charge in [0.15, 0.2) is 5.96 Å². The van der Waals surface area contributed by atoms with Crippen molar-refractivity contribution in [3.8, 4) is 11.5 Å². The van der Waals surface area contributed by atoms with E-state index in [0.29, 0.717) is 12.2 Å². The summed E-state index contributed by atoms with van der Waals surface area (Å²) in [4.78, 5) is 4.21. The van der Waals surface area contributed by atoms with E-state index in [4.69, 9.17) is 33.7 Å². The van der Waals surface area contributed by atoms with Crippen LogP contribution in [0.4, 0.5) is 8.78 Å². The minimum Gasteiger partial charge on any atom is -0.493 e. The Bertz CT molecular complexity index is 849. The van der Waals surface area contributed by atoms with Crippen LogP contribution in [0.25, 0.3) is 0 Å². The van der Waals surface area contributed by atoms with Crippen LogP contribution in [0, 0.1) is 0 Å². The standard InChI is InChI=1S/C18H17Cl2F2N3O2/c19-11-7-10(16(13(20)8-11)27-17(21)22)9-24-18(23)25-14-5-6-26-15-4-2-1-3-12(14)15/h1-4,7-8,14,17H,5-6,9H2,(H3,23,24,25). The van der Waals surface area contributed by atoms with Gasteiger partial charge in [-0.1, -0.05) is 41.4 Å². The van der Waals surface area contributed by atoms with E-state index in [1.807, 2.05) is 24.3 Å². The third kappa shape index (κ3) is 4.93. The van der Waals surface area contributed by atoms with Crippen LogP contribution in [-0.2, 0) is 6.54 Å². The lowest BCUT2D eigenvalue weighted by molar-refractivity contribution is -0.0503. The fraction of sp³-hybridized carbons (Fsp3) is 0.278. The first-order valence-corrected chi connectivity index (χ1v) is 8.90. The molecule has 1 unspecified atom stereocenters. The molecule has 0 fully saturated rings. The van der Waals surface area contributed by atoms with Crippen molar-refractivity contribution in [3.05, 3.63) is 57.6 Å². The number of rotatable bonds is 5. The van der Waals surface area contributed by atoms with Gasteiger partial charge in [-0.3, -0.25) is 0 Å². The average Bonchev–Trinajstić information content (AvgIpc) is 2.62. The van der Waals surface area contributed by atoms with Crippen molar-refractivity contribution in [2.45, 2.75) is 25.6 Å². The molecule has 1 atom stereocenters. The number of ether oxygens (including phenoxy) is 2. The van der Waals surface area contributed by atoms with Gasteiger partial charge in [-0.25, -0.2) is 4.99 Å². The highest BCUT2D eigenvalue weighted by molar-refractivity contribution is 6.35. The van der Waals surface area contributed by atoms with Gasteiger partial charge in [0.1, 0.15) is 11.5 Å². The fourth-order valence-corrected chi connectivity index (χ4v) is 3.42. The van der Waals surface area contributed by atoms with E-state index in [0.717, 1.165) is 17.7 Å². The minimum absolute atomic E-state index is 0.0158. The van der Waals surface area contributed by atoms with Gasteiger partial charge in [-0.2, -0.15) is 8.78 Å². The molecule has 0 bridgehead atoms. The second-order valence-electron chi connectivity index (χ2n) is 5.83. The average molecular weight is 416 g/mol. The van der Waals surface area contributed by atoms with Crippen molar-refractivity contribution < 1.29 is 18.3 Å². The Morgan fingerprint density at radius 2 is 2.11 bits per heavy atom. The Kier molecular flexibility index (Phi) is 6.23. The third-order valence-corrected chi connectivity index (χ3v) is 4.49. The maximum absolute atomic E-state index is 12.6. The Labute approximate surface area is 165 Å². The smallest absolute Gasteiger partial charge is 0.387 e. The zero-order valence-electron chi connectivity index (χ0n) is 14.1. The van der Waals surface area contributed by atoms with Gasteiger partial charge in [-0.05, 0) is 18.2 Å². The number of nitrogens with one attached hydrogen (secondary N) is 1. The van der Waals surface area contributed by atoms with Gasteiger partial charge in [0, 0.05) is 22.6 Å². The van der Waals surface area contributed by atoms with Crippen molar-refractivity contribution in [2.75, 3.05) is 6.61 Å². The van der Waals surface area contributed by atoms with E-state index in [1.165, 1.54) is 12.1 Å². The highest BCUT2D eigenvalue weighted by Gasteiger charge is 2.21.